The van der Waals surface area contributed by atoms with Gasteiger partial charge in [0.2, 0.25) is 5.91 Å². The maximum Gasteiger partial charge on any atom is 0.243 e. The van der Waals surface area contributed by atoms with Crippen LogP contribution >= 0.6 is 0 Å². The largest absolute Gasteiger partial charge is 0.337 e. The highest BCUT2D eigenvalue weighted by atomic mass is 16.2. The van der Waals surface area contributed by atoms with E-state index in [9.17, 15) is 4.79 Å². The van der Waals surface area contributed by atoms with E-state index in [0.29, 0.717) is 5.91 Å². The van der Waals surface area contributed by atoms with Crippen molar-refractivity contribution in [2.75, 3.05) is 33.7 Å². The molecule has 4 nitrogen and oxygen atoms in total. The Morgan fingerprint density at radius 2 is 2.06 bits per heavy atom. The van der Waals surface area contributed by atoms with E-state index in [2.05, 4.69) is 45.1 Å². The molecule has 2 unspecified atom stereocenters. The van der Waals surface area contributed by atoms with Gasteiger partial charge in [-0.2, -0.15) is 0 Å². The topological polar surface area (TPSA) is 35.6 Å². The van der Waals surface area contributed by atoms with Gasteiger partial charge in [-0.25, -0.2) is 0 Å². The van der Waals surface area contributed by atoms with Gasteiger partial charge in [-0.1, -0.05) is 6.92 Å². The fourth-order valence-electron chi connectivity index (χ4n) is 3.00. The van der Waals surface area contributed by atoms with E-state index < -0.39 is 0 Å². The van der Waals surface area contributed by atoms with Gasteiger partial charge in [0.15, 0.2) is 0 Å². The van der Waals surface area contributed by atoms with Crippen LogP contribution in [-0.4, -0.2) is 61.0 Å². The second kappa shape index (κ2) is 6.53. The van der Waals surface area contributed by atoms with Crippen LogP contribution in [-0.2, 0) is 4.79 Å². The van der Waals surface area contributed by atoms with Crippen LogP contribution < -0.4 is 5.32 Å². The normalized spacial score (nSPS) is 25.4. The van der Waals surface area contributed by atoms with Gasteiger partial charge in [0.1, 0.15) is 0 Å². The summed E-state index contributed by atoms with van der Waals surface area (Å²) in [6, 6.07) is 0.267. The van der Waals surface area contributed by atoms with Crippen LogP contribution in [0.4, 0.5) is 0 Å². The van der Waals surface area contributed by atoms with Crippen molar-refractivity contribution in [1.29, 1.82) is 0 Å². The molecular weight excluding hydrogens is 226 g/mol. The van der Waals surface area contributed by atoms with Gasteiger partial charge in [-0.15, -0.1) is 0 Å². The van der Waals surface area contributed by atoms with Crippen molar-refractivity contribution in [2.45, 2.75) is 51.6 Å². The summed E-state index contributed by atoms with van der Waals surface area (Å²) >= 11 is 0. The van der Waals surface area contributed by atoms with Crippen molar-refractivity contribution in [2.24, 2.45) is 0 Å². The van der Waals surface area contributed by atoms with Crippen LogP contribution in [0.2, 0.25) is 0 Å². The second-order valence-corrected chi connectivity index (χ2v) is 5.67. The fraction of sp³-hybridized carbons (Fsp3) is 0.929. The quantitative estimate of drug-likeness (QED) is 0.777. The molecule has 0 bridgehead atoms. The highest BCUT2D eigenvalue weighted by Gasteiger charge is 2.42. The predicted octanol–water partition coefficient (Wildman–Crippen LogP) is 1.32. The van der Waals surface area contributed by atoms with Crippen LogP contribution in [0.25, 0.3) is 0 Å². The number of hydrogen-bond donors (Lipinski definition) is 1. The molecule has 1 fully saturated rings. The summed E-state index contributed by atoms with van der Waals surface area (Å²) in [6.07, 6.45) is 2.98. The second-order valence-electron chi connectivity index (χ2n) is 5.67. The minimum Gasteiger partial charge on any atom is -0.337 e. The molecule has 0 aromatic carbocycles. The summed E-state index contributed by atoms with van der Waals surface area (Å²) < 4.78 is 0. The number of nitrogens with zero attached hydrogens (tertiary/aromatic N) is 2. The predicted molar refractivity (Wildman–Crippen MR) is 75.7 cm³/mol. The smallest absolute Gasteiger partial charge is 0.243 e. The Morgan fingerprint density at radius 1 is 1.39 bits per heavy atom. The molecular formula is C14H29N3O. The molecule has 0 radical (unpaired) electrons. The molecule has 1 aliphatic heterocycles. The first kappa shape index (κ1) is 15.4. The molecule has 106 valence electrons. The van der Waals surface area contributed by atoms with E-state index in [-0.39, 0.29) is 11.6 Å². The van der Waals surface area contributed by atoms with Crippen LogP contribution in [0.15, 0.2) is 0 Å². The summed E-state index contributed by atoms with van der Waals surface area (Å²) in [5, 5.41) is 3.44. The van der Waals surface area contributed by atoms with E-state index in [1.54, 1.807) is 0 Å². The van der Waals surface area contributed by atoms with Crippen molar-refractivity contribution in [3.8, 4) is 0 Å². The zero-order valence-corrected chi connectivity index (χ0v) is 12.6. The van der Waals surface area contributed by atoms with Crippen molar-refractivity contribution in [3.63, 3.8) is 0 Å². The Hall–Kier alpha value is -0.610. The fourth-order valence-corrected chi connectivity index (χ4v) is 3.00. The molecule has 1 rings (SSSR count). The Bertz CT molecular complexity index is 272. The number of amides is 1. The number of rotatable bonds is 6. The maximum absolute atomic E-state index is 12.8. The number of carbonyl (C=O) groups excluding carboxylic acids is 1. The summed E-state index contributed by atoms with van der Waals surface area (Å²) in [7, 11) is 4.11. The zero-order chi connectivity index (χ0) is 13.8. The van der Waals surface area contributed by atoms with Gasteiger partial charge in [0, 0.05) is 19.1 Å². The molecule has 2 atom stereocenters. The maximum atomic E-state index is 12.8. The Kier molecular flexibility index (Phi) is 5.60. The van der Waals surface area contributed by atoms with Gasteiger partial charge in [-0.05, 0) is 53.8 Å². The SMILES string of the molecule is CCN(C(=O)C1(CC)CCCN1)C(C)CN(C)C. The Labute approximate surface area is 112 Å². The monoisotopic (exact) mass is 255 g/mol. The standard InChI is InChI=1S/C14H29N3O/c1-6-14(9-8-10-15-14)13(18)17(7-2)12(3)11-16(4)5/h12,15H,6-11H2,1-5H3. The first-order chi connectivity index (χ1) is 8.46. The van der Waals surface area contributed by atoms with Crippen molar-refractivity contribution in [3.05, 3.63) is 0 Å². The van der Waals surface area contributed by atoms with Gasteiger partial charge in [0.05, 0.1) is 5.54 Å². The Balaban J connectivity index is 2.77. The van der Waals surface area contributed by atoms with Gasteiger partial charge in [-0.3, -0.25) is 4.79 Å². The van der Waals surface area contributed by atoms with Gasteiger partial charge in [0.25, 0.3) is 0 Å². The summed E-state index contributed by atoms with van der Waals surface area (Å²) in [5.41, 5.74) is -0.295. The summed E-state index contributed by atoms with van der Waals surface area (Å²) in [4.78, 5) is 17.0. The van der Waals surface area contributed by atoms with Crippen molar-refractivity contribution >= 4 is 5.91 Å². The lowest BCUT2D eigenvalue weighted by Crippen LogP contribution is -2.57. The molecule has 1 N–H and O–H groups in total. The van der Waals surface area contributed by atoms with Crippen LogP contribution in [0.1, 0.15) is 40.0 Å². The lowest BCUT2D eigenvalue weighted by atomic mass is 9.91. The number of carbonyl (C=O) groups is 1. The minimum absolute atomic E-state index is 0.267. The third-order valence-electron chi connectivity index (χ3n) is 4.02. The summed E-state index contributed by atoms with van der Waals surface area (Å²) in [6.45, 7) is 9.00. The van der Waals surface area contributed by atoms with E-state index in [0.717, 1.165) is 38.9 Å². The molecule has 0 aromatic heterocycles. The Morgan fingerprint density at radius 3 is 2.44 bits per heavy atom. The number of likely N-dealkylation sites (N-methyl/N-ethyl adjacent to an activating group) is 2. The highest BCUT2D eigenvalue weighted by Crippen LogP contribution is 2.26. The molecule has 0 spiro atoms. The third kappa shape index (κ3) is 3.23. The van der Waals surface area contributed by atoms with Crippen LogP contribution in [0.5, 0.6) is 0 Å². The first-order valence-electron chi connectivity index (χ1n) is 7.17. The van der Waals surface area contributed by atoms with Crippen molar-refractivity contribution in [1.82, 2.24) is 15.1 Å². The minimum atomic E-state index is -0.295. The van der Waals surface area contributed by atoms with Crippen LogP contribution in [0, 0.1) is 0 Å². The van der Waals surface area contributed by atoms with E-state index in [4.69, 9.17) is 0 Å². The molecule has 0 aliphatic carbocycles. The van der Waals surface area contributed by atoms with Crippen LogP contribution in [0.3, 0.4) is 0 Å². The lowest BCUT2D eigenvalue weighted by molar-refractivity contribution is -0.140. The van der Waals surface area contributed by atoms with Gasteiger partial charge < -0.3 is 15.1 Å². The number of nitrogens with one attached hydrogen (secondary N) is 1. The molecule has 0 aromatic rings. The number of hydrogen-bond acceptors (Lipinski definition) is 3. The zero-order valence-electron chi connectivity index (χ0n) is 12.6. The summed E-state index contributed by atoms with van der Waals surface area (Å²) in [5.74, 6) is 0.291. The molecule has 18 heavy (non-hydrogen) atoms. The van der Waals surface area contributed by atoms with E-state index >= 15 is 0 Å². The molecule has 1 amide bonds. The molecule has 4 heteroatoms. The van der Waals surface area contributed by atoms with Gasteiger partial charge >= 0.3 is 0 Å². The van der Waals surface area contributed by atoms with E-state index in [1.807, 2.05) is 4.90 Å². The highest BCUT2D eigenvalue weighted by molar-refractivity contribution is 5.87. The first-order valence-corrected chi connectivity index (χ1v) is 7.17. The third-order valence-corrected chi connectivity index (χ3v) is 4.02. The lowest BCUT2D eigenvalue weighted by Gasteiger charge is -2.37. The molecule has 1 aliphatic rings. The van der Waals surface area contributed by atoms with E-state index in [1.165, 1.54) is 0 Å². The molecule has 1 saturated heterocycles. The average molecular weight is 255 g/mol. The molecule has 1 heterocycles. The van der Waals surface area contributed by atoms with Crippen molar-refractivity contribution < 1.29 is 4.79 Å². The average Bonchev–Trinajstić information content (AvgIpc) is 2.78. The molecule has 0 saturated carbocycles.